The molecule has 0 fully saturated rings. The highest BCUT2D eigenvalue weighted by atomic mass is 35.5. The number of aliphatic hydroxyl groups excluding tert-OH is 1. The van der Waals surface area contributed by atoms with E-state index >= 15 is 4.39 Å². The molecule has 2 aromatic carbocycles. The number of hydrogen-bond donors (Lipinski definition) is 7. The van der Waals surface area contributed by atoms with E-state index in [4.69, 9.17) is 28.8 Å². The lowest BCUT2D eigenvalue weighted by molar-refractivity contribution is 0.186. The largest absolute Gasteiger partial charge is 0.370 e. The first-order chi connectivity index (χ1) is 22.2. The highest BCUT2D eigenvalue weighted by molar-refractivity contribution is 7.09. The Labute approximate surface area is 275 Å². The van der Waals surface area contributed by atoms with Gasteiger partial charge in [0, 0.05) is 65.9 Å². The van der Waals surface area contributed by atoms with Crippen molar-refractivity contribution in [2.45, 2.75) is 57.6 Å². The van der Waals surface area contributed by atoms with Crippen LogP contribution >= 0.6 is 23.1 Å². The molecule has 0 saturated heterocycles. The van der Waals surface area contributed by atoms with E-state index in [2.05, 4.69) is 35.0 Å². The minimum Gasteiger partial charge on any atom is -0.370 e. The maximum absolute atomic E-state index is 15.1. The quantitative estimate of drug-likeness (QED) is 0.0737. The predicted molar refractivity (Wildman–Crippen MR) is 182 cm³/mol. The number of aliphatic hydroxyl groups is 1. The molecule has 1 unspecified atom stereocenters. The second kappa shape index (κ2) is 15.5. The molecule has 0 bridgehead atoms. The van der Waals surface area contributed by atoms with Gasteiger partial charge >= 0.3 is 0 Å². The number of benzene rings is 2. The van der Waals surface area contributed by atoms with Gasteiger partial charge in [0.2, 0.25) is 11.5 Å². The van der Waals surface area contributed by atoms with E-state index in [1.165, 1.54) is 17.9 Å². The zero-order chi connectivity index (χ0) is 32.6. The smallest absolute Gasteiger partial charge is 0.231 e. The number of aliphatic imine (C=N–C) groups is 1. The number of guanidine groups is 1. The number of anilines is 2. The second-order valence-electron chi connectivity index (χ2n) is 11.3. The minimum atomic E-state index is -1.16. The molecule has 15 heteroatoms. The van der Waals surface area contributed by atoms with Gasteiger partial charge < -0.3 is 42.8 Å². The van der Waals surface area contributed by atoms with Crippen LogP contribution in [0, 0.1) is 5.82 Å². The van der Waals surface area contributed by atoms with Crippen molar-refractivity contribution in [1.29, 1.82) is 0 Å². The van der Waals surface area contributed by atoms with E-state index in [9.17, 15) is 5.11 Å². The van der Waals surface area contributed by atoms with Gasteiger partial charge in [-0.3, -0.25) is 4.99 Å². The first kappa shape index (κ1) is 33.3. The van der Waals surface area contributed by atoms with Crippen LogP contribution in [0.15, 0.2) is 58.8 Å². The molecule has 244 valence electrons. The summed E-state index contributed by atoms with van der Waals surface area (Å²) in [5.74, 6) is -0.445. The van der Waals surface area contributed by atoms with Crippen LogP contribution < -0.4 is 43.4 Å². The third-order valence-electron chi connectivity index (χ3n) is 7.56. The first-order valence-electron chi connectivity index (χ1n) is 15.0. The molecule has 12 nitrogen and oxygen atoms in total. The fourth-order valence-electron chi connectivity index (χ4n) is 5.16. The Morgan fingerprint density at radius 1 is 1.20 bits per heavy atom. The van der Waals surface area contributed by atoms with E-state index in [0.717, 1.165) is 46.4 Å². The fraction of sp³-hybridized carbons (Fsp3) is 0.355. The Bertz CT molecular complexity index is 1740. The van der Waals surface area contributed by atoms with Crippen molar-refractivity contribution in [2.75, 3.05) is 23.3 Å². The Hall–Kier alpha value is -4.08. The topological polar surface area (TPSA) is 192 Å². The molecule has 0 spiro atoms. The maximum atomic E-state index is 15.1. The molecule has 46 heavy (non-hydrogen) atoms. The van der Waals surface area contributed by atoms with Crippen LogP contribution in [0.4, 0.5) is 15.2 Å². The second-order valence-corrected chi connectivity index (χ2v) is 12.5. The standard InChI is InChI=1S/C31H39ClFN11OS/c1-18(34)3-2-4-20-11-24(27(33)25(32)12-20)26-13-21-16-44(31(45)43-28(21)42-26)23-7-5-19(6-8-23)14-38-22(9-10-37-29(35)36)15-39-30-40-17-41-46-30/h5-8,11-13,16-18,22,31,38,45H,2-4,9-10,14-15,34H2,1H3,(H,42,43)(H4,35,36,37)(H,39,40,41)/t18-,22+,31?/m0/s1. The van der Waals surface area contributed by atoms with Gasteiger partial charge in [-0.1, -0.05) is 23.7 Å². The molecule has 2 aromatic heterocycles. The molecule has 0 radical (unpaired) electrons. The van der Waals surface area contributed by atoms with E-state index in [-0.39, 0.29) is 23.1 Å². The van der Waals surface area contributed by atoms with Gasteiger partial charge in [0.25, 0.3) is 0 Å². The summed E-state index contributed by atoms with van der Waals surface area (Å²) in [4.78, 5) is 17.5. The Kier molecular flexibility index (Phi) is 11.2. The summed E-state index contributed by atoms with van der Waals surface area (Å²) < 4.78 is 19.2. The zero-order valence-electron chi connectivity index (χ0n) is 25.5. The van der Waals surface area contributed by atoms with Gasteiger partial charge in [0.05, 0.1) is 10.7 Å². The highest BCUT2D eigenvalue weighted by Gasteiger charge is 2.20. The first-order valence-corrected chi connectivity index (χ1v) is 16.2. The third kappa shape index (κ3) is 8.79. The summed E-state index contributed by atoms with van der Waals surface area (Å²) in [6, 6.07) is 13.3. The highest BCUT2D eigenvalue weighted by Crippen LogP contribution is 2.29. The van der Waals surface area contributed by atoms with Gasteiger partial charge in [-0.2, -0.15) is 4.37 Å². The van der Waals surface area contributed by atoms with Gasteiger partial charge in [-0.25, -0.2) is 14.4 Å². The van der Waals surface area contributed by atoms with E-state index in [1.54, 1.807) is 23.2 Å². The monoisotopic (exact) mass is 667 g/mol. The fourth-order valence-corrected chi connectivity index (χ4v) is 5.84. The summed E-state index contributed by atoms with van der Waals surface area (Å²) in [5.41, 5.74) is 20.9. The third-order valence-corrected chi connectivity index (χ3v) is 8.46. The normalized spacial score (nSPS) is 15.4. The minimum absolute atomic E-state index is 0.0613. The number of aromatic amines is 1. The lowest BCUT2D eigenvalue weighted by atomic mass is 10.0. The molecule has 0 amide bonds. The van der Waals surface area contributed by atoms with Gasteiger partial charge in [0.1, 0.15) is 11.8 Å². The van der Waals surface area contributed by atoms with Crippen LogP contribution in [0.5, 0.6) is 0 Å². The number of rotatable bonds is 15. The Balaban J connectivity index is 1.27. The molecule has 1 aliphatic rings. The lowest BCUT2D eigenvalue weighted by Gasteiger charge is -2.25. The molecule has 4 aromatic rings. The average molecular weight is 668 g/mol. The Morgan fingerprint density at radius 2 is 2.00 bits per heavy atom. The average Bonchev–Trinajstić information content (AvgIpc) is 3.69. The predicted octanol–water partition coefficient (Wildman–Crippen LogP) is 2.38. The number of aromatic nitrogens is 3. The number of nitrogens with one attached hydrogen (secondary N) is 3. The van der Waals surface area contributed by atoms with Crippen LogP contribution in [0.1, 0.15) is 37.3 Å². The van der Waals surface area contributed by atoms with Crippen LogP contribution in [0.25, 0.3) is 17.5 Å². The van der Waals surface area contributed by atoms with Crippen molar-refractivity contribution in [2.24, 2.45) is 27.2 Å². The van der Waals surface area contributed by atoms with Crippen molar-refractivity contribution in [3.63, 3.8) is 0 Å². The van der Waals surface area contributed by atoms with Gasteiger partial charge in [-0.05, 0) is 74.1 Å². The van der Waals surface area contributed by atoms with Crippen molar-refractivity contribution < 1.29 is 9.50 Å². The molecular weight excluding hydrogens is 629 g/mol. The van der Waals surface area contributed by atoms with Crippen LogP contribution in [0.2, 0.25) is 5.02 Å². The number of halogens is 2. The lowest BCUT2D eigenvalue weighted by Crippen LogP contribution is -2.41. The SMILES string of the molecule is C[C@H](N)CCCc1cc(Cl)c(F)c(-c2cc3c([nH]2)=NC(O)N(c2ccc(CN[C@H](CCN=C(N)N)CNc4ncns4)cc2)C=3)c1. The van der Waals surface area contributed by atoms with Crippen molar-refractivity contribution in [3.05, 3.63) is 81.5 Å². The maximum Gasteiger partial charge on any atom is 0.231 e. The van der Waals surface area contributed by atoms with Crippen molar-refractivity contribution >= 4 is 46.1 Å². The number of nitrogens with zero attached hydrogens (tertiary/aromatic N) is 5. The summed E-state index contributed by atoms with van der Waals surface area (Å²) in [5, 5.41) is 19.2. The van der Waals surface area contributed by atoms with Crippen LogP contribution in [0.3, 0.4) is 0 Å². The molecule has 10 N–H and O–H groups in total. The molecular formula is C31H39ClFN11OS. The summed E-state index contributed by atoms with van der Waals surface area (Å²) >= 11 is 7.56. The summed E-state index contributed by atoms with van der Waals surface area (Å²) in [6.07, 6.45) is 5.35. The van der Waals surface area contributed by atoms with E-state index in [1.807, 2.05) is 37.3 Å². The van der Waals surface area contributed by atoms with Gasteiger partial charge in [-0.15, -0.1) is 0 Å². The number of hydrogen-bond acceptors (Lipinski definition) is 10. The molecule has 3 atom stereocenters. The zero-order valence-corrected chi connectivity index (χ0v) is 27.0. The molecule has 3 heterocycles. The Morgan fingerprint density at radius 3 is 2.72 bits per heavy atom. The molecule has 1 aliphatic heterocycles. The van der Waals surface area contributed by atoms with E-state index in [0.29, 0.717) is 42.8 Å². The van der Waals surface area contributed by atoms with Crippen LogP contribution in [-0.2, 0) is 13.0 Å². The molecule has 5 rings (SSSR count). The number of nitrogens with two attached hydrogens (primary N) is 3. The van der Waals surface area contributed by atoms with Gasteiger partial charge in [0.15, 0.2) is 11.8 Å². The van der Waals surface area contributed by atoms with Crippen molar-refractivity contribution in [1.82, 2.24) is 19.7 Å². The van der Waals surface area contributed by atoms with E-state index < -0.39 is 12.2 Å². The molecule has 0 saturated carbocycles. The number of H-pyrrole nitrogens is 1. The van der Waals surface area contributed by atoms with Crippen molar-refractivity contribution in [3.8, 4) is 11.3 Å². The number of fused-ring (bicyclic) bond motifs is 1. The molecule has 0 aliphatic carbocycles. The number of aryl methyl sites for hydroxylation is 1. The van der Waals surface area contributed by atoms with Crippen LogP contribution in [-0.4, -0.2) is 56.9 Å². The summed E-state index contributed by atoms with van der Waals surface area (Å²) in [6.45, 7) is 3.68. The summed E-state index contributed by atoms with van der Waals surface area (Å²) in [7, 11) is 0.